The van der Waals surface area contributed by atoms with Crippen molar-refractivity contribution in [1.82, 2.24) is 10.3 Å². The lowest BCUT2D eigenvalue weighted by molar-refractivity contribution is 0.0496. The second kappa shape index (κ2) is 9.71. The van der Waals surface area contributed by atoms with Crippen molar-refractivity contribution >= 4 is 23.1 Å². The number of rotatable bonds is 7. The number of aryl methyl sites for hydroxylation is 2. The van der Waals surface area contributed by atoms with E-state index < -0.39 is 0 Å². The van der Waals surface area contributed by atoms with Crippen LogP contribution in [0.1, 0.15) is 35.2 Å². The highest BCUT2D eigenvalue weighted by Crippen LogP contribution is 2.25. The van der Waals surface area contributed by atoms with Gasteiger partial charge in [0.1, 0.15) is 10.8 Å². The number of urea groups is 1. The van der Waals surface area contributed by atoms with E-state index in [1.165, 1.54) is 4.88 Å². The van der Waals surface area contributed by atoms with Gasteiger partial charge in [-0.25, -0.2) is 9.78 Å². The zero-order valence-corrected chi connectivity index (χ0v) is 16.7. The molecule has 3 rings (SSSR count). The van der Waals surface area contributed by atoms with Gasteiger partial charge in [0.15, 0.2) is 0 Å². The van der Waals surface area contributed by atoms with E-state index in [1.807, 2.05) is 31.3 Å². The van der Waals surface area contributed by atoms with E-state index in [2.05, 4.69) is 22.5 Å². The Morgan fingerprint density at radius 1 is 1.37 bits per heavy atom. The van der Waals surface area contributed by atoms with Crippen LogP contribution < -0.4 is 15.4 Å². The third kappa shape index (κ3) is 5.94. The fourth-order valence-corrected chi connectivity index (χ4v) is 3.68. The first-order valence-electron chi connectivity index (χ1n) is 9.43. The first kappa shape index (κ1) is 19.6. The fraction of sp³-hybridized carbons (Fsp3) is 0.500. The lowest BCUT2D eigenvalue weighted by Crippen LogP contribution is -2.28. The minimum atomic E-state index is -0.248. The summed E-state index contributed by atoms with van der Waals surface area (Å²) in [4.78, 5) is 17.7. The lowest BCUT2D eigenvalue weighted by Gasteiger charge is -2.22. The predicted molar refractivity (Wildman–Crippen MR) is 108 cm³/mol. The van der Waals surface area contributed by atoms with Crippen molar-refractivity contribution in [3.8, 4) is 5.75 Å². The highest BCUT2D eigenvalue weighted by molar-refractivity contribution is 7.11. The van der Waals surface area contributed by atoms with Crippen molar-refractivity contribution in [1.29, 1.82) is 0 Å². The number of anilines is 1. The van der Waals surface area contributed by atoms with E-state index >= 15 is 0 Å². The lowest BCUT2D eigenvalue weighted by atomic mass is 10.0. The van der Waals surface area contributed by atoms with Gasteiger partial charge in [0.2, 0.25) is 0 Å². The Labute approximate surface area is 164 Å². The number of benzene rings is 1. The van der Waals surface area contributed by atoms with Crippen molar-refractivity contribution in [2.75, 3.05) is 25.1 Å². The van der Waals surface area contributed by atoms with Crippen molar-refractivity contribution < 1.29 is 14.3 Å². The first-order chi connectivity index (χ1) is 13.1. The van der Waals surface area contributed by atoms with E-state index in [0.29, 0.717) is 24.8 Å². The molecule has 1 aromatic heterocycles. The third-order valence-corrected chi connectivity index (χ3v) is 5.75. The van der Waals surface area contributed by atoms with Crippen LogP contribution in [0, 0.1) is 12.8 Å². The minimum absolute atomic E-state index is 0.248. The molecular weight excluding hydrogens is 362 g/mol. The van der Waals surface area contributed by atoms with Crippen LogP contribution in [-0.4, -0.2) is 30.8 Å². The number of carbonyl (C=O) groups excluding carboxylic acids is 1. The summed E-state index contributed by atoms with van der Waals surface area (Å²) in [5, 5.41) is 6.62. The molecule has 1 aliphatic heterocycles. The maximum Gasteiger partial charge on any atom is 0.319 e. The second-order valence-corrected chi connectivity index (χ2v) is 7.93. The van der Waals surface area contributed by atoms with Crippen LogP contribution in [-0.2, 0) is 17.7 Å². The normalized spacial score (nSPS) is 14.7. The van der Waals surface area contributed by atoms with Gasteiger partial charge in [0, 0.05) is 36.0 Å². The number of nitrogens with zero attached hydrogens (tertiary/aromatic N) is 1. The van der Waals surface area contributed by atoms with E-state index in [9.17, 15) is 4.79 Å². The smallest absolute Gasteiger partial charge is 0.319 e. The molecule has 1 aromatic carbocycles. The summed E-state index contributed by atoms with van der Waals surface area (Å²) >= 11 is 1.62. The predicted octanol–water partition coefficient (Wildman–Crippen LogP) is 4.14. The summed E-state index contributed by atoms with van der Waals surface area (Å²) < 4.78 is 11.4. The standard InChI is InChI=1S/C20H27N3O3S/c1-3-17-11-21-19(27-17)12-22-20(24)23-16-5-4-14(2)18(10-16)26-13-15-6-8-25-9-7-15/h4-5,10-11,15H,3,6-9,12-13H2,1-2H3,(H2,22,23,24). The SMILES string of the molecule is CCc1cnc(CNC(=O)Nc2ccc(C)c(OCC3CCOCC3)c2)s1. The molecule has 1 fully saturated rings. The summed E-state index contributed by atoms with van der Waals surface area (Å²) in [6.07, 6.45) is 4.90. The molecule has 0 bridgehead atoms. The quantitative estimate of drug-likeness (QED) is 0.746. The zero-order valence-electron chi connectivity index (χ0n) is 15.9. The Kier molecular flexibility index (Phi) is 7.06. The molecule has 27 heavy (non-hydrogen) atoms. The second-order valence-electron chi connectivity index (χ2n) is 6.73. The molecule has 6 nitrogen and oxygen atoms in total. The molecular formula is C20H27N3O3S. The van der Waals surface area contributed by atoms with Crippen LogP contribution in [0.15, 0.2) is 24.4 Å². The Morgan fingerprint density at radius 2 is 2.19 bits per heavy atom. The number of hydrogen-bond donors (Lipinski definition) is 2. The number of carbonyl (C=O) groups is 1. The van der Waals surface area contributed by atoms with Gasteiger partial charge in [0.25, 0.3) is 0 Å². The van der Waals surface area contributed by atoms with Crippen molar-refractivity contribution in [2.24, 2.45) is 5.92 Å². The topological polar surface area (TPSA) is 72.5 Å². The molecule has 1 saturated heterocycles. The number of amides is 2. The van der Waals surface area contributed by atoms with Gasteiger partial charge in [-0.05, 0) is 43.7 Å². The van der Waals surface area contributed by atoms with Gasteiger partial charge in [-0.1, -0.05) is 13.0 Å². The van der Waals surface area contributed by atoms with Crippen LogP contribution in [0.25, 0.3) is 0 Å². The van der Waals surface area contributed by atoms with Crippen molar-refractivity contribution in [3.05, 3.63) is 39.8 Å². The molecule has 2 heterocycles. The Bertz CT molecular complexity index is 757. The van der Waals surface area contributed by atoms with Crippen molar-refractivity contribution in [2.45, 2.75) is 39.7 Å². The highest BCUT2D eigenvalue weighted by atomic mass is 32.1. The molecule has 0 radical (unpaired) electrons. The summed E-state index contributed by atoms with van der Waals surface area (Å²) in [6, 6.07) is 5.48. The Hall–Kier alpha value is -2.12. The van der Waals surface area contributed by atoms with Gasteiger partial charge in [-0.3, -0.25) is 0 Å². The zero-order chi connectivity index (χ0) is 19.1. The molecule has 0 saturated carbocycles. The largest absolute Gasteiger partial charge is 0.493 e. The molecule has 7 heteroatoms. The maximum absolute atomic E-state index is 12.2. The van der Waals surface area contributed by atoms with Crippen LogP contribution in [0.2, 0.25) is 0 Å². The number of hydrogen-bond acceptors (Lipinski definition) is 5. The number of ether oxygens (including phenoxy) is 2. The van der Waals surface area contributed by atoms with E-state index in [-0.39, 0.29) is 6.03 Å². The summed E-state index contributed by atoms with van der Waals surface area (Å²) in [6.45, 7) is 6.84. The Balaban J connectivity index is 1.50. The molecule has 1 aliphatic rings. The number of aromatic nitrogens is 1. The maximum atomic E-state index is 12.2. The molecule has 146 valence electrons. The molecule has 0 unspecified atom stereocenters. The molecule has 2 N–H and O–H groups in total. The molecule has 2 amide bonds. The molecule has 0 aliphatic carbocycles. The summed E-state index contributed by atoms with van der Waals surface area (Å²) in [5.74, 6) is 1.34. The van der Waals surface area contributed by atoms with E-state index in [4.69, 9.17) is 9.47 Å². The van der Waals surface area contributed by atoms with Crippen molar-refractivity contribution in [3.63, 3.8) is 0 Å². The summed E-state index contributed by atoms with van der Waals surface area (Å²) in [7, 11) is 0. The van der Waals surface area contributed by atoms with Gasteiger partial charge in [-0.15, -0.1) is 11.3 Å². The van der Waals surface area contributed by atoms with E-state index in [1.54, 1.807) is 11.3 Å². The van der Waals surface area contributed by atoms with Gasteiger partial charge < -0.3 is 20.1 Å². The van der Waals surface area contributed by atoms with Crippen LogP contribution >= 0.6 is 11.3 Å². The average molecular weight is 390 g/mol. The Morgan fingerprint density at radius 3 is 2.93 bits per heavy atom. The number of nitrogens with one attached hydrogen (secondary N) is 2. The highest BCUT2D eigenvalue weighted by Gasteiger charge is 2.15. The molecule has 0 atom stereocenters. The van der Waals surface area contributed by atoms with Gasteiger partial charge >= 0.3 is 6.03 Å². The molecule has 2 aromatic rings. The van der Waals surface area contributed by atoms with Crippen LogP contribution in [0.4, 0.5) is 10.5 Å². The van der Waals surface area contributed by atoms with Crippen LogP contribution in [0.3, 0.4) is 0 Å². The fourth-order valence-electron chi connectivity index (χ4n) is 2.88. The monoisotopic (exact) mass is 389 g/mol. The first-order valence-corrected chi connectivity index (χ1v) is 10.3. The van der Waals surface area contributed by atoms with Crippen LogP contribution in [0.5, 0.6) is 5.75 Å². The third-order valence-electron chi connectivity index (χ3n) is 4.61. The van der Waals surface area contributed by atoms with Gasteiger partial charge in [0.05, 0.1) is 13.2 Å². The molecule has 0 spiro atoms. The summed E-state index contributed by atoms with van der Waals surface area (Å²) in [5.41, 5.74) is 1.77. The van der Waals surface area contributed by atoms with Gasteiger partial charge in [-0.2, -0.15) is 0 Å². The average Bonchev–Trinajstić information content (AvgIpc) is 3.16. The number of thiazole rings is 1. The minimum Gasteiger partial charge on any atom is -0.493 e. The van der Waals surface area contributed by atoms with E-state index in [0.717, 1.165) is 48.8 Å².